The molecule has 0 heterocycles. The van der Waals surface area contributed by atoms with Crippen LogP contribution >= 0.6 is 0 Å². The molecule has 1 rings (SSSR count). The highest BCUT2D eigenvalue weighted by molar-refractivity contribution is 5.14. The van der Waals surface area contributed by atoms with E-state index in [1.54, 1.807) is 0 Å². The van der Waals surface area contributed by atoms with Gasteiger partial charge in [-0.25, -0.2) is 0 Å². The van der Waals surface area contributed by atoms with Crippen molar-refractivity contribution in [3.8, 4) is 0 Å². The van der Waals surface area contributed by atoms with Crippen LogP contribution in [0.3, 0.4) is 0 Å². The third-order valence-electron chi connectivity index (χ3n) is 4.45. The Morgan fingerprint density at radius 1 is 1.10 bits per heavy atom. The lowest BCUT2D eigenvalue weighted by atomic mass is 9.81. The molecular formula is C19H34N2. The Kier molecular flexibility index (Phi) is 7.98. The molecule has 0 aliphatic carbocycles. The van der Waals surface area contributed by atoms with Gasteiger partial charge in [-0.15, -0.1) is 0 Å². The highest BCUT2D eigenvalue weighted by Gasteiger charge is 2.27. The Bertz CT molecular complexity index is 368. The SMILES string of the molecule is CCC(CC)(CNCC(C)C)CN(C)Cc1ccccc1. The molecule has 1 aromatic carbocycles. The first-order chi connectivity index (χ1) is 10.0. The third-order valence-corrected chi connectivity index (χ3v) is 4.45. The van der Waals surface area contributed by atoms with E-state index >= 15 is 0 Å². The zero-order valence-electron chi connectivity index (χ0n) is 14.7. The summed E-state index contributed by atoms with van der Waals surface area (Å²) in [5.41, 5.74) is 1.79. The molecule has 2 heteroatoms. The lowest BCUT2D eigenvalue weighted by Crippen LogP contribution is -2.43. The molecule has 120 valence electrons. The first kappa shape index (κ1) is 18.2. The smallest absolute Gasteiger partial charge is 0.0230 e. The van der Waals surface area contributed by atoms with E-state index in [4.69, 9.17) is 0 Å². The Hall–Kier alpha value is -0.860. The van der Waals surface area contributed by atoms with Gasteiger partial charge in [0.25, 0.3) is 0 Å². The number of hydrogen-bond donors (Lipinski definition) is 1. The maximum atomic E-state index is 3.67. The van der Waals surface area contributed by atoms with Gasteiger partial charge in [-0.2, -0.15) is 0 Å². The van der Waals surface area contributed by atoms with Gasteiger partial charge in [-0.1, -0.05) is 58.0 Å². The van der Waals surface area contributed by atoms with Crippen LogP contribution in [0.15, 0.2) is 30.3 Å². The highest BCUT2D eigenvalue weighted by atomic mass is 15.1. The minimum atomic E-state index is 0.387. The third kappa shape index (κ3) is 6.62. The van der Waals surface area contributed by atoms with Crippen molar-refractivity contribution in [2.24, 2.45) is 11.3 Å². The van der Waals surface area contributed by atoms with Crippen molar-refractivity contribution in [3.63, 3.8) is 0 Å². The van der Waals surface area contributed by atoms with Gasteiger partial charge in [-0.3, -0.25) is 0 Å². The number of nitrogens with zero attached hydrogens (tertiary/aromatic N) is 1. The van der Waals surface area contributed by atoms with Gasteiger partial charge in [0.1, 0.15) is 0 Å². The summed E-state index contributed by atoms with van der Waals surface area (Å²) >= 11 is 0. The van der Waals surface area contributed by atoms with Crippen LogP contribution < -0.4 is 5.32 Å². The topological polar surface area (TPSA) is 15.3 Å². The van der Waals surface area contributed by atoms with E-state index in [0.29, 0.717) is 5.41 Å². The van der Waals surface area contributed by atoms with E-state index in [-0.39, 0.29) is 0 Å². The fraction of sp³-hybridized carbons (Fsp3) is 0.684. The lowest BCUT2D eigenvalue weighted by Gasteiger charge is -2.36. The van der Waals surface area contributed by atoms with Crippen molar-refractivity contribution in [1.82, 2.24) is 10.2 Å². The summed E-state index contributed by atoms with van der Waals surface area (Å²) in [6.07, 6.45) is 2.46. The summed E-state index contributed by atoms with van der Waals surface area (Å²) in [4.78, 5) is 2.47. The molecule has 0 saturated carbocycles. The van der Waals surface area contributed by atoms with Gasteiger partial charge in [0.2, 0.25) is 0 Å². The molecule has 0 spiro atoms. The number of rotatable bonds is 10. The lowest BCUT2D eigenvalue weighted by molar-refractivity contribution is 0.149. The molecule has 1 aromatic rings. The van der Waals surface area contributed by atoms with Crippen LogP contribution in [-0.4, -0.2) is 31.6 Å². The minimum absolute atomic E-state index is 0.387. The molecule has 1 N–H and O–H groups in total. The van der Waals surface area contributed by atoms with E-state index in [1.807, 2.05) is 0 Å². The van der Waals surface area contributed by atoms with E-state index in [0.717, 1.165) is 32.1 Å². The molecule has 21 heavy (non-hydrogen) atoms. The summed E-state index contributed by atoms with van der Waals surface area (Å²) in [7, 11) is 2.25. The van der Waals surface area contributed by atoms with E-state index in [1.165, 1.54) is 18.4 Å². The molecule has 0 bridgehead atoms. The monoisotopic (exact) mass is 290 g/mol. The molecule has 0 unspecified atom stereocenters. The number of nitrogens with one attached hydrogen (secondary N) is 1. The Morgan fingerprint density at radius 2 is 1.71 bits per heavy atom. The van der Waals surface area contributed by atoms with Crippen LogP contribution in [0.1, 0.15) is 46.1 Å². The van der Waals surface area contributed by atoms with Gasteiger partial charge in [0, 0.05) is 19.6 Å². The summed E-state index contributed by atoms with van der Waals surface area (Å²) < 4.78 is 0. The van der Waals surface area contributed by atoms with Crippen molar-refractivity contribution in [3.05, 3.63) is 35.9 Å². The molecule has 0 amide bonds. The van der Waals surface area contributed by atoms with Crippen molar-refractivity contribution < 1.29 is 0 Å². The second-order valence-corrected chi connectivity index (χ2v) is 6.89. The summed E-state index contributed by atoms with van der Waals surface area (Å²) in [5.74, 6) is 0.721. The predicted octanol–water partition coefficient (Wildman–Crippen LogP) is 4.17. The van der Waals surface area contributed by atoms with Gasteiger partial charge >= 0.3 is 0 Å². The molecule has 0 radical (unpaired) electrons. The maximum absolute atomic E-state index is 3.67. The molecule has 0 aliphatic heterocycles. The van der Waals surface area contributed by atoms with Gasteiger partial charge in [0.05, 0.1) is 0 Å². The fourth-order valence-electron chi connectivity index (χ4n) is 2.93. The predicted molar refractivity (Wildman–Crippen MR) is 93.5 cm³/mol. The zero-order valence-corrected chi connectivity index (χ0v) is 14.7. The van der Waals surface area contributed by atoms with Crippen molar-refractivity contribution >= 4 is 0 Å². The number of benzene rings is 1. The van der Waals surface area contributed by atoms with Gasteiger partial charge in [0.15, 0.2) is 0 Å². The van der Waals surface area contributed by atoms with Crippen LogP contribution in [0.5, 0.6) is 0 Å². The summed E-state index contributed by atoms with van der Waals surface area (Å²) in [6.45, 7) is 13.6. The summed E-state index contributed by atoms with van der Waals surface area (Å²) in [5, 5.41) is 3.67. The van der Waals surface area contributed by atoms with Gasteiger partial charge < -0.3 is 10.2 Å². The Labute approximate surface area is 131 Å². The highest BCUT2D eigenvalue weighted by Crippen LogP contribution is 2.27. The van der Waals surface area contributed by atoms with Crippen molar-refractivity contribution in [2.75, 3.05) is 26.7 Å². The number of hydrogen-bond acceptors (Lipinski definition) is 2. The maximum Gasteiger partial charge on any atom is 0.0230 e. The van der Waals surface area contributed by atoms with E-state index < -0.39 is 0 Å². The molecule has 0 saturated heterocycles. The molecule has 0 aliphatic rings. The first-order valence-corrected chi connectivity index (χ1v) is 8.44. The molecule has 0 aromatic heterocycles. The van der Waals surface area contributed by atoms with Crippen LogP contribution in [-0.2, 0) is 6.54 Å². The Balaban J connectivity index is 2.55. The molecule has 0 atom stereocenters. The fourth-order valence-corrected chi connectivity index (χ4v) is 2.93. The standard InChI is InChI=1S/C19H34N2/c1-6-19(7-2,15-20-13-17(3)4)16-21(5)14-18-11-9-8-10-12-18/h8-12,17,20H,6-7,13-16H2,1-5H3. The first-order valence-electron chi connectivity index (χ1n) is 8.44. The second-order valence-electron chi connectivity index (χ2n) is 6.89. The normalized spacial score (nSPS) is 12.3. The Morgan fingerprint density at radius 3 is 2.24 bits per heavy atom. The van der Waals surface area contributed by atoms with Crippen LogP contribution in [0, 0.1) is 11.3 Å². The summed E-state index contributed by atoms with van der Waals surface area (Å²) in [6, 6.07) is 10.8. The quantitative estimate of drug-likeness (QED) is 0.696. The average Bonchev–Trinajstić information content (AvgIpc) is 2.46. The van der Waals surface area contributed by atoms with Crippen LogP contribution in [0.4, 0.5) is 0 Å². The van der Waals surface area contributed by atoms with Crippen LogP contribution in [0.25, 0.3) is 0 Å². The van der Waals surface area contributed by atoms with Crippen LogP contribution in [0.2, 0.25) is 0 Å². The largest absolute Gasteiger partial charge is 0.316 e. The zero-order chi connectivity index (χ0) is 15.7. The molecular weight excluding hydrogens is 256 g/mol. The minimum Gasteiger partial charge on any atom is -0.316 e. The van der Waals surface area contributed by atoms with E-state index in [2.05, 4.69) is 75.3 Å². The second kappa shape index (κ2) is 9.22. The van der Waals surface area contributed by atoms with Crippen molar-refractivity contribution in [1.29, 1.82) is 0 Å². The van der Waals surface area contributed by atoms with Gasteiger partial charge in [-0.05, 0) is 43.3 Å². The van der Waals surface area contributed by atoms with E-state index in [9.17, 15) is 0 Å². The molecule has 2 nitrogen and oxygen atoms in total. The molecule has 0 fully saturated rings. The average molecular weight is 290 g/mol. The van der Waals surface area contributed by atoms with Crippen molar-refractivity contribution in [2.45, 2.75) is 47.1 Å².